The van der Waals surface area contributed by atoms with E-state index in [2.05, 4.69) is 35.5 Å². The van der Waals surface area contributed by atoms with Crippen molar-refractivity contribution in [2.45, 2.75) is 89.3 Å². The summed E-state index contributed by atoms with van der Waals surface area (Å²) >= 11 is 0. The lowest BCUT2D eigenvalue weighted by atomic mass is 10.1. The Labute approximate surface area is 200 Å². The second-order valence-corrected chi connectivity index (χ2v) is 7.75. The molecule has 0 radical (unpaired) electrons. The van der Waals surface area contributed by atoms with Crippen LogP contribution in [0.3, 0.4) is 0 Å². The highest BCUT2D eigenvalue weighted by atomic mass is 16.3. The molecule has 1 aromatic rings. The molecule has 3 nitrogen and oxygen atoms in total. The second kappa shape index (κ2) is 19.6. The number of furan rings is 1. The lowest BCUT2D eigenvalue weighted by Gasteiger charge is -1.97. The van der Waals surface area contributed by atoms with E-state index in [4.69, 9.17) is 17.3 Å². The first-order valence-corrected chi connectivity index (χ1v) is 11.8. The molecule has 3 heteroatoms. The summed E-state index contributed by atoms with van der Waals surface area (Å²) in [6, 6.07) is 3.75. The van der Waals surface area contributed by atoms with E-state index in [1.54, 1.807) is 12.2 Å². The van der Waals surface area contributed by atoms with Gasteiger partial charge in [-0.15, -0.1) is 12.8 Å². The van der Waals surface area contributed by atoms with Crippen molar-refractivity contribution in [3.05, 3.63) is 48.0 Å². The molecule has 0 aliphatic carbocycles. The van der Waals surface area contributed by atoms with Gasteiger partial charge in [-0.3, -0.25) is 0 Å². The van der Waals surface area contributed by atoms with Gasteiger partial charge in [-0.25, -0.2) is 0 Å². The molecule has 0 spiro atoms. The maximum absolute atomic E-state index is 9.21. The van der Waals surface area contributed by atoms with Crippen LogP contribution < -0.4 is 0 Å². The maximum Gasteiger partial charge on any atom is 0.178 e. The molecule has 0 saturated heterocycles. The highest BCUT2D eigenvalue weighted by Gasteiger charge is 1.96. The van der Waals surface area contributed by atoms with Gasteiger partial charge in [0.1, 0.15) is 12.2 Å². The minimum Gasteiger partial charge on any atom is -0.439 e. The summed E-state index contributed by atoms with van der Waals surface area (Å²) in [6.45, 7) is 0. The third-order valence-electron chi connectivity index (χ3n) is 4.85. The van der Waals surface area contributed by atoms with Crippen LogP contribution in [-0.4, -0.2) is 22.4 Å². The first kappa shape index (κ1) is 28.0. The van der Waals surface area contributed by atoms with Crippen LogP contribution in [0, 0.1) is 48.4 Å². The van der Waals surface area contributed by atoms with Gasteiger partial charge < -0.3 is 14.6 Å². The zero-order valence-corrected chi connectivity index (χ0v) is 19.6. The fraction of sp³-hybridized carbons (Fsp3) is 0.467. The lowest BCUT2D eigenvalue weighted by molar-refractivity contribution is 0.280. The van der Waals surface area contributed by atoms with E-state index < -0.39 is 12.2 Å². The molecule has 0 aromatic carbocycles. The molecule has 1 heterocycles. The van der Waals surface area contributed by atoms with Crippen LogP contribution in [0.25, 0.3) is 0 Å². The van der Waals surface area contributed by atoms with E-state index in [-0.39, 0.29) is 0 Å². The van der Waals surface area contributed by atoms with Crippen molar-refractivity contribution in [3.63, 3.8) is 0 Å². The number of rotatable bonds is 14. The molecule has 0 aliphatic rings. The Bertz CT molecular complexity index is 837. The predicted octanol–water partition coefficient (Wildman–Crippen LogP) is 5.76. The number of hydrogen-bond donors (Lipinski definition) is 2. The highest BCUT2D eigenvalue weighted by molar-refractivity contribution is 5.32. The third kappa shape index (κ3) is 16.2. The highest BCUT2D eigenvalue weighted by Crippen LogP contribution is 2.09. The van der Waals surface area contributed by atoms with Crippen molar-refractivity contribution in [1.29, 1.82) is 0 Å². The largest absolute Gasteiger partial charge is 0.439 e. The molecule has 174 valence electrons. The van der Waals surface area contributed by atoms with E-state index in [1.807, 2.05) is 24.3 Å². The fourth-order valence-corrected chi connectivity index (χ4v) is 2.99. The molecule has 1 rings (SSSR count). The summed E-state index contributed by atoms with van der Waals surface area (Å²) in [5.41, 5.74) is 0. The van der Waals surface area contributed by atoms with Gasteiger partial charge >= 0.3 is 0 Å². The van der Waals surface area contributed by atoms with Crippen LogP contribution in [-0.2, 0) is 0 Å². The smallest absolute Gasteiger partial charge is 0.178 e. The number of hydrogen-bond acceptors (Lipinski definition) is 3. The summed E-state index contributed by atoms with van der Waals surface area (Å²) in [4.78, 5) is 0. The molecule has 2 atom stereocenters. The molecule has 0 fully saturated rings. The fourth-order valence-electron chi connectivity index (χ4n) is 2.99. The van der Waals surface area contributed by atoms with Gasteiger partial charge in [0.25, 0.3) is 0 Å². The number of allylic oxidation sites excluding steroid dienone is 2. The Kier molecular flexibility index (Phi) is 16.6. The maximum atomic E-state index is 9.21. The number of aliphatic hydroxyl groups is 2. The van der Waals surface area contributed by atoms with Gasteiger partial charge in [-0.2, -0.15) is 0 Å². The van der Waals surface area contributed by atoms with E-state index in [9.17, 15) is 10.2 Å². The molecule has 0 amide bonds. The molecule has 0 aliphatic heterocycles. The number of terminal acetylenes is 2. The topological polar surface area (TPSA) is 53.6 Å². The molecule has 0 saturated carbocycles. The Morgan fingerprint density at radius 2 is 1.12 bits per heavy atom. The van der Waals surface area contributed by atoms with Gasteiger partial charge in [0.2, 0.25) is 0 Å². The van der Waals surface area contributed by atoms with Gasteiger partial charge in [-0.1, -0.05) is 61.5 Å². The second-order valence-electron chi connectivity index (χ2n) is 7.75. The molecule has 33 heavy (non-hydrogen) atoms. The van der Waals surface area contributed by atoms with Crippen molar-refractivity contribution in [3.8, 4) is 48.4 Å². The van der Waals surface area contributed by atoms with Crippen molar-refractivity contribution >= 4 is 0 Å². The van der Waals surface area contributed by atoms with Crippen LogP contribution >= 0.6 is 0 Å². The number of unbranched alkanes of at least 4 members (excludes halogenated alkanes) is 10. The molecular formula is C30H36O3. The van der Waals surface area contributed by atoms with Crippen LogP contribution in [0.4, 0.5) is 0 Å². The molecule has 0 bridgehead atoms. The Balaban J connectivity index is 2.09. The van der Waals surface area contributed by atoms with Crippen molar-refractivity contribution in [1.82, 2.24) is 0 Å². The third-order valence-corrected chi connectivity index (χ3v) is 4.85. The SMILES string of the molecule is C#C[C@@H](O)/C=C/CCCCCCC#Cc1ccc(C#CCCCCCC/C=C/[C@H](O)C#C)o1. The average Bonchev–Trinajstić information content (AvgIpc) is 3.28. The van der Waals surface area contributed by atoms with Crippen LogP contribution in [0.5, 0.6) is 0 Å². The average molecular weight is 445 g/mol. The van der Waals surface area contributed by atoms with E-state index in [0.29, 0.717) is 11.5 Å². The van der Waals surface area contributed by atoms with Gasteiger partial charge in [0.15, 0.2) is 11.5 Å². The summed E-state index contributed by atoms with van der Waals surface area (Å²) in [6.07, 6.45) is 28.4. The zero-order chi connectivity index (χ0) is 24.0. The zero-order valence-electron chi connectivity index (χ0n) is 19.6. The van der Waals surface area contributed by atoms with Gasteiger partial charge in [0.05, 0.1) is 0 Å². The van der Waals surface area contributed by atoms with Crippen LogP contribution in [0.1, 0.15) is 88.6 Å². The monoisotopic (exact) mass is 444 g/mol. The quantitative estimate of drug-likeness (QED) is 0.218. The number of aliphatic hydroxyl groups excluding tert-OH is 2. The molecular weight excluding hydrogens is 408 g/mol. The van der Waals surface area contributed by atoms with Crippen LogP contribution in [0.2, 0.25) is 0 Å². The first-order valence-electron chi connectivity index (χ1n) is 11.8. The standard InChI is InChI=1S/C30H36O3/c1-3-27(31)21-17-13-9-5-7-11-15-19-23-29-25-26-30(33-29)24-20-16-12-8-6-10-14-18-22-28(32)4-2/h1-2,17-18,21-22,25-28,31-32H,5-16H2/b21-17+,22-18+/t27-,28-/m1/s1. The summed E-state index contributed by atoms with van der Waals surface area (Å²) < 4.78 is 5.65. The van der Waals surface area contributed by atoms with E-state index in [0.717, 1.165) is 77.0 Å². The predicted molar refractivity (Wildman–Crippen MR) is 136 cm³/mol. The van der Waals surface area contributed by atoms with Crippen molar-refractivity contribution in [2.75, 3.05) is 0 Å². The summed E-state index contributed by atoms with van der Waals surface area (Å²) in [7, 11) is 0. The van der Waals surface area contributed by atoms with E-state index >= 15 is 0 Å². The normalized spacial score (nSPS) is 12.4. The van der Waals surface area contributed by atoms with Gasteiger partial charge in [-0.05, 0) is 74.7 Å². The summed E-state index contributed by atoms with van der Waals surface area (Å²) in [5.74, 6) is 18.3. The molecule has 1 aromatic heterocycles. The van der Waals surface area contributed by atoms with Crippen LogP contribution in [0.15, 0.2) is 40.9 Å². The molecule has 0 unspecified atom stereocenters. The minimum atomic E-state index is -0.764. The molecule has 2 N–H and O–H groups in total. The Hall–Kier alpha value is -3.08. The van der Waals surface area contributed by atoms with Gasteiger partial charge in [0, 0.05) is 12.8 Å². The Morgan fingerprint density at radius 3 is 1.55 bits per heavy atom. The summed E-state index contributed by atoms with van der Waals surface area (Å²) in [5, 5.41) is 18.4. The first-order chi connectivity index (χ1) is 16.2. The van der Waals surface area contributed by atoms with E-state index in [1.165, 1.54) is 0 Å². The Morgan fingerprint density at radius 1 is 0.697 bits per heavy atom. The van der Waals surface area contributed by atoms with Crippen molar-refractivity contribution in [2.24, 2.45) is 0 Å². The van der Waals surface area contributed by atoms with Crippen molar-refractivity contribution < 1.29 is 14.6 Å². The lowest BCUT2D eigenvalue weighted by Crippen LogP contribution is -1.95. The minimum absolute atomic E-state index is 0.666.